The lowest BCUT2D eigenvalue weighted by atomic mass is 10.00. The number of urea groups is 1. The highest BCUT2D eigenvalue weighted by Crippen LogP contribution is 2.37. The Morgan fingerprint density at radius 1 is 1.08 bits per heavy atom. The molecule has 4 rings (SSSR count). The summed E-state index contributed by atoms with van der Waals surface area (Å²) in [6, 6.07) is 13.9. The second-order valence-corrected chi connectivity index (χ2v) is 7.27. The van der Waals surface area contributed by atoms with Gasteiger partial charge in [0.15, 0.2) is 0 Å². The molecule has 2 saturated heterocycles. The van der Waals surface area contributed by atoms with Gasteiger partial charge in [-0.25, -0.2) is 9.18 Å². The lowest BCUT2D eigenvalue weighted by Crippen LogP contribution is -2.46. The van der Waals surface area contributed by atoms with Gasteiger partial charge in [0.05, 0.1) is 12.6 Å². The van der Waals surface area contributed by atoms with Gasteiger partial charge >= 0.3 is 6.03 Å². The van der Waals surface area contributed by atoms with Crippen molar-refractivity contribution in [3.8, 4) is 0 Å². The van der Waals surface area contributed by atoms with Crippen molar-refractivity contribution in [3.05, 3.63) is 64.9 Å². The van der Waals surface area contributed by atoms with E-state index < -0.39 is 0 Å². The van der Waals surface area contributed by atoms with Gasteiger partial charge in [-0.05, 0) is 67.9 Å². The van der Waals surface area contributed by atoms with Gasteiger partial charge in [-0.3, -0.25) is 4.90 Å². The maximum absolute atomic E-state index is 13.3. The third-order valence-corrected chi connectivity index (χ3v) is 5.45. The van der Waals surface area contributed by atoms with Crippen LogP contribution in [-0.4, -0.2) is 36.6 Å². The molecule has 0 radical (unpaired) electrons. The van der Waals surface area contributed by atoms with Gasteiger partial charge in [0, 0.05) is 16.8 Å². The molecule has 0 spiro atoms. The first kappa shape index (κ1) is 17.3. The van der Waals surface area contributed by atoms with Crippen LogP contribution in [0.5, 0.6) is 0 Å². The maximum Gasteiger partial charge on any atom is 0.325 e. The van der Waals surface area contributed by atoms with Crippen LogP contribution in [0, 0.1) is 5.82 Å². The number of piperidine rings is 1. The second-order valence-electron chi connectivity index (χ2n) is 6.83. The van der Waals surface area contributed by atoms with E-state index in [0.29, 0.717) is 11.6 Å². The van der Waals surface area contributed by atoms with Crippen molar-refractivity contribution in [2.75, 3.05) is 24.5 Å². The molecule has 26 heavy (non-hydrogen) atoms. The molecule has 4 nitrogen and oxygen atoms in total. The van der Waals surface area contributed by atoms with E-state index >= 15 is 0 Å². The first-order valence-electron chi connectivity index (χ1n) is 8.95. The van der Waals surface area contributed by atoms with E-state index in [4.69, 9.17) is 11.6 Å². The van der Waals surface area contributed by atoms with Gasteiger partial charge in [-0.2, -0.15) is 0 Å². The topological polar surface area (TPSA) is 35.6 Å². The molecule has 2 aliphatic heterocycles. The minimum atomic E-state index is -0.304. The van der Waals surface area contributed by atoms with Crippen LogP contribution >= 0.6 is 11.6 Å². The van der Waals surface area contributed by atoms with Crippen molar-refractivity contribution in [1.29, 1.82) is 0 Å². The molecule has 1 unspecified atom stereocenters. The Kier molecular flexibility index (Phi) is 4.83. The normalized spacial score (nSPS) is 21.5. The lowest BCUT2D eigenvalue weighted by Gasteiger charge is -2.35. The average molecular weight is 374 g/mol. The molecule has 2 amide bonds. The molecule has 2 fully saturated rings. The standard InChI is InChI=1S/C20H21ClFN3O/c21-15-3-1-2-14(12-15)19-13-24(17-6-4-16(22)5-7-17)20(26)25(19)18-8-10-23-11-9-18/h1-7,12,18-19,23H,8-11,13H2. The molecular weight excluding hydrogens is 353 g/mol. The summed E-state index contributed by atoms with van der Waals surface area (Å²) in [7, 11) is 0. The van der Waals surface area contributed by atoms with Crippen LogP contribution in [0.2, 0.25) is 5.02 Å². The molecule has 2 heterocycles. The summed E-state index contributed by atoms with van der Waals surface area (Å²) >= 11 is 6.20. The van der Waals surface area contributed by atoms with Crippen molar-refractivity contribution in [2.24, 2.45) is 0 Å². The summed E-state index contributed by atoms with van der Waals surface area (Å²) in [5.74, 6) is -0.304. The number of carbonyl (C=O) groups excluding carboxylic acids is 1. The monoisotopic (exact) mass is 373 g/mol. The number of anilines is 1. The van der Waals surface area contributed by atoms with Crippen LogP contribution in [0.1, 0.15) is 24.4 Å². The molecule has 0 aromatic heterocycles. The van der Waals surface area contributed by atoms with E-state index in [2.05, 4.69) is 5.32 Å². The van der Waals surface area contributed by atoms with E-state index in [1.54, 1.807) is 17.0 Å². The van der Waals surface area contributed by atoms with E-state index in [1.165, 1.54) is 12.1 Å². The van der Waals surface area contributed by atoms with E-state index in [-0.39, 0.29) is 23.9 Å². The zero-order valence-corrected chi connectivity index (χ0v) is 15.1. The quantitative estimate of drug-likeness (QED) is 0.874. The molecule has 1 atom stereocenters. The van der Waals surface area contributed by atoms with Crippen molar-refractivity contribution < 1.29 is 9.18 Å². The Balaban J connectivity index is 1.69. The summed E-state index contributed by atoms with van der Waals surface area (Å²) in [4.78, 5) is 17.0. The van der Waals surface area contributed by atoms with Gasteiger partial charge in [-0.1, -0.05) is 23.7 Å². The minimum Gasteiger partial charge on any atom is -0.317 e. The van der Waals surface area contributed by atoms with Crippen molar-refractivity contribution in [2.45, 2.75) is 24.9 Å². The molecule has 0 bridgehead atoms. The van der Waals surface area contributed by atoms with Crippen LogP contribution in [0.4, 0.5) is 14.9 Å². The van der Waals surface area contributed by atoms with Gasteiger partial charge in [-0.15, -0.1) is 0 Å². The number of benzene rings is 2. The van der Waals surface area contributed by atoms with Crippen LogP contribution in [0.15, 0.2) is 48.5 Å². The molecular formula is C20H21ClFN3O. The zero-order chi connectivity index (χ0) is 18.1. The fourth-order valence-electron chi connectivity index (χ4n) is 3.92. The lowest BCUT2D eigenvalue weighted by molar-refractivity contribution is 0.158. The maximum atomic E-state index is 13.3. The van der Waals surface area contributed by atoms with Crippen molar-refractivity contribution >= 4 is 23.3 Å². The zero-order valence-electron chi connectivity index (χ0n) is 14.4. The second kappa shape index (κ2) is 7.25. The number of nitrogens with zero attached hydrogens (tertiary/aromatic N) is 2. The molecule has 2 aliphatic rings. The largest absolute Gasteiger partial charge is 0.325 e. The van der Waals surface area contributed by atoms with Crippen LogP contribution in [0.25, 0.3) is 0 Å². The fraction of sp³-hybridized carbons (Fsp3) is 0.350. The van der Waals surface area contributed by atoms with Crippen molar-refractivity contribution in [1.82, 2.24) is 10.2 Å². The Morgan fingerprint density at radius 3 is 2.50 bits per heavy atom. The number of halogens is 2. The van der Waals surface area contributed by atoms with Gasteiger partial charge in [0.1, 0.15) is 5.82 Å². The average Bonchev–Trinajstić information content (AvgIpc) is 3.00. The highest BCUT2D eigenvalue weighted by molar-refractivity contribution is 6.30. The summed E-state index contributed by atoms with van der Waals surface area (Å²) in [6.45, 7) is 2.36. The Morgan fingerprint density at radius 2 is 1.81 bits per heavy atom. The number of hydrogen-bond donors (Lipinski definition) is 1. The Labute approximate surface area is 157 Å². The van der Waals surface area contributed by atoms with E-state index in [0.717, 1.165) is 37.2 Å². The van der Waals surface area contributed by atoms with Crippen LogP contribution in [-0.2, 0) is 0 Å². The highest BCUT2D eigenvalue weighted by atomic mass is 35.5. The minimum absolute atomic E-state index is 0.0199. The third kappa shape index (κ3) is 3.29. The number of nitrogens with one attached hydrogen (secondary N) is 1. The summed E-state index contributed by atoms with van der Waals surface area (Å²) in [6.07, 6.45) is 1.86. The third-order valence-electron chi connectivity index (χ3n) is 5.22. The number of carbonyl (C=O) groups is 1. The number of amides is 2. The molecule has 136 valence electrons. The molecule has 0 saturated carbocycles. The summed E-state index contributed by atoms with van der Waals surface area (Å²) < 4.78 is 13.3. The van der Waals surface area contributed by atoms with E-state index in [9.17, 15) is 9.18 Å². The van der Waals surface area contributed by atoms with Gasteiger partial charge in [0.2, 0.25) is 0 Å². The smallest absolute Gasteiger partial charge is 0.317 e. The predicted octanol–water partition coefficient (Wildman–Crippen LogP) is 4.21. The van der Waals surface area contributed by atoms with E-state index in [1.807, 2.05) is 29.2 Å². The fourth-order valence-corrected chi connectivity index (χ4v) is 4.12. The molecule has 2 aromatic rings. The van der Waals surface area contributed by atoms with Crippen LogP contribution in [0.3, 0.4) is 0 Å². The van der Waals surface area contributed by atoms with Gasteiger partial charge < -0.3 is 10.2 Å². The first-order valence-corrected chi connectivity index (χ1v) is 9.33. The summed E-state index contributed by atoms with van der Waals surface area (Å²) in [5.41, 5.74) is 1.76. The highest BCUT2D eigenvalue weighted by Gasteiger charge is 2.42. The molecule has 6 heteroatoms. The number of rotatable bonds is 3. The predicted molar refractivity (Wildman–Crippen MR) is 101 cm³/mol. The van der Waals surface area contributed by atoms with Gasteiger partial charge in [0.25, 0.3) is 0 Å². The number of hydrogen-bond acceptors (Lipinski definition) is 2. The van der Waals surface area contributed by atoms with Crippen molar-refractivity contribution in [3.63, 3.8) is 0 Å². The SMILES string of the molecule is O=C1N(c2ccc(F)cc2)CC(c2cccc(Cl)c2)N1C1CCNCC1. The molecule has 0 aliphatic carbocycles. The molecule has 1 N–H and O–H groups in total. The Hall–Kier alpha value is -2.11. The van der Waals surface area contributed by atoms with Crippen LogP contribution < -0.4 is 10.2 Å². The first-order chi connectivity index (χ1) is 12.6. The molecule has 2 aromatic carbocycles. The summed E-state index contributed by atoms with van der Waals surface area (Å²) in [5, 5.41) is 4.02. The Bertz CT molecular complexity index is 792.